The zero-order chi connectivity index (χ0) is 16.3. The first-order chi connectivity index (χ1) is 11.3. The molecule has 0 fully saturated rings. The Morgan fingerprint density at radius 2 is 1.87 bits per heavy atom. The molecule has 0 aliphatic carbocycles. The summed E-state index contributed by atoms with van der Waals surface area (Å²) in [6.07, 6.45) is 5.44. The van der Waals surface area contributed by atoms with Crippen LogP contribution in [-0.4, -0.2) is 12.6 Å². The van der Waals surface area contributed by atoms with Crippen molar-refractivity contribution in [2.75, 3.05) is 6.54 Å². The fourth-order valence-electron chi connectivity index (χ4n) is 1.85. The Bertz CT molecular complexity index is 748. The molecule has 0 spiro atoms. The van der Waals surface area contributed by atoms with E-state index in [4.69, 9.17) is 11.2 Å². The van der Waals surface area contributed by atoms with Crippen LogP contribution in [0.2, 0.25) is 0 Å². The van der Waals surface area contributed by atoms with Crippen LogP contribution >= 0.6 is 0 Å². The summed E-state index contributed by atoms with van der Waals surface area (Å²) in [7, 11) is 0. The third-order valence-electron chi connectivity index (χ3n) is 2.99. The summed E-state index contributed by atoms with van der Waals surface area (Å²) in [5, 5.41) is 2.67. The molecule has 114 valence electrons. The van der Waals surface area contributed by atoms with E-state index in [1.54, 1.807) is 0 Å². The first-order valence-electron chi connectivity index (χ1n) is 7.28. The van der Waals surface area contributed by atoms with E-state index in [9.17, 15) is 4.79 Å². The number of ether oxygens (including phenoxy) is 1. The summed E-state index contributed by atoms with van der Waals surface area (Å²) in [5.74, 6) is 8.58. The van der Waals surface area contributed by atoms with Crippen molar-refractivity contribution in [3.05, 3.63) is 71.3 Å². The first-order valence-corrected chi connectivity index (χ1v) is 7.28. The summed E-state index contributed by atoms with van der Waals surface area (Å²) >= 11 is 0. The van der Waals surface area contributed by atoms with Crippen LogP contribution in [0.25, 0.3) is 0 Å². The van der Waals surface area contributed by atoms with Gasteiger partial charge in [0.1, 0.15) is 6.61 Å². The van der Waals surface area contributed by atoms with Gasteiger partial charge in [0.2, 0.25) is 0 Å². The number of terminal acetylenes is 1. The van der Waals surface area contributed by atoms with Gasteiger partial charge < -0.3 is 10.1 Å². The van der Waals surface area contributed by atoms with Crippen LogP contribution in [0.15, 0.2) is 54.6 Å². The van der Waals surface area contributed by atoms with Gasteiger partial charge in [0, 0.05) is 24.1 Å². The largest absolute Gasteiger partial charge is 0.445 e. The fourth-order valence-corrected chi connectivity index (χ4v) is 1.85. The summed E-state index contributed by atoms with van der Waals surface area (Å²) < 4.78 is 5.10. The number of alkyl carbamates (subject to hydrolysis) is 1. The average molecular weight is 303 g/mol. The fraction of sp³-hybridized carbons (Fsp3) is 0.150. The van der Waals surface area contributed by atoms with Gasteiger partial charge in [0.05, 0.1) is 0 Å². The summed E-state index contributed by atoms with van der Waals surface area (Å²) in [5.41, 5.74) is 2.63. The van der Waals surface area contributed by atoms with Gasteiger partial charge in [0.15, 0.2) is 0 Å². The van der Waals surface area contributed by atoms with Crippen molar-refractivity contribution >= 4 is 6.09 Å². The van der Waals surface area contributed by atoms with E-state index >= 15 is 0 Å². The second kappa shape index (κ2) is 8.97. The van der Waals surface area contributed by atoms with Gasteiger partial charge in [-0.2, -0.15) is 0 Å². The molecule has 0 radical (unpaired) electrons. The standard InChI is InChI=1S/C20H17NO2/c1-2-17-12-8-13-18(15-17)9-6-7-14-21-20(22)23-16-19-10-4-3-5-11-19/h1,3-5,8,10-13,15H,7,14,16H2,(H,21,22). The maximum absolute atomic E-state index is 11.5. The number of hydrogen-bond donors (Lipinski definition) is 1. The highest BCUT2D eigenvalue weighted by molar-refractivity contribution is 5.67. The average Bonchev–Trinajstić information content (AvgIpc) is 2.61. The minimum atomic E-state index is -0.440. The third-order valence-corrected chi connectivity index (χ3v) is 2.99. The van der Waals surface area contributed by atoms with Crippen molar-refractivity contribution in [1.82, 2.24) is 5.32 Å². The first kappa shape index (κ1) is 16.2. The Labute approximate surface area is 136 Å². The summed E-state index contributed by atoms with van der Waals surface area (Å²) in [6.45, 7) is 0.701. The van der Waals surface area contributed by atoms with E-state index in [0.29, 0.717) is 13.0 Å². The number of benzene rings is 2. The molecule has 3 nitrogen and oxygen atoms in total. The van der Waals surface area contributed by atoms with Crippen molar-refractivity contribution in [2.24, 2.45) is 0 Å². The van der Waals surface area contributed by atoms with Crippen LogP contribution in [0.1, 0.15) is 23.1 Å². The Morgan fingerprint density at radius 1 is 1.09 bits per heavy atom. The number of carbonyl (C=O) groups excluding carboxylic acids is 1. The number of rotatable bonds is 4. The summed E-state index contributed by atoms with van der Waals surface area (Å²) in [4.78, 5) is 11.5. The molecular weight excluding hydrogens is 286 g/mol. The van der Waals surface area contributed by atoms with Crippen LogP contribution in [0.5, 0.6) is 0 Å². The molecule has 0 saturated carbocycles. The van der Waals surface area contributed by atoms with Gasteiger partial charge >= 0.3 is 6.09 Å². The molecule has 2 aromatic carbocycles. The van der Waals surface area contributed by atoms with Crippen LogP contribution in [0.4, 0.5) is 4.79 Å². The Kier molecular flexibility index (Phi) is 6.32. The molecule has 0 aliphatic rings. The molecule has 0 aromatic heterocycles. The second-order valence-electron chi connectivity index (χ2n) is 4.77. The maximum atomic E-state index is 11.5. The third kappa shape index (κ3) is 5.99. The number of hydrogen-bond acceptors (Lipinski definition) is 2. The predicted molar refractivity (Wildman–Crippen MR) is 90.5 cm³/mol. The van der Waals surface area contributed by atoms with Crippen LogP contribution in [0, 0.1) is 24.2 Å². The van der Waals surface area contributed by atoms with Crippen molar-refractivity contribution in [3.63, 3.8) is 0 Å². The number of amides is 1. The minimum Gasteiger partial charge on any atom is -0.445 e. The van der Waals surface area contributed by atoms with Crippen LogP contribution < -0.4 is 5.32 Å². The molecule has 0 bridgehead atoms. The molecule has 3 heteroatoms. The number of nitrogens with one attached hydrogen (secondary N) is 1. The molecular formula is C20H17NO2. The smallest absolute Gasteiger partial charge is 0.407 e. The SMILES string of the molecule is C#Cc1cccc(C#CCCNC(=O)OCc2ccccc2)c1. The van der Waals surface area contributed by atoms with E-state index in [1.165, 1.54) is 0 Å². The number of carbonyl (C=O) groups is 1. The van der Waals surface area contributed by atoms with Gasteiger partial charge in [-0.3, -0.25) is 0 Å². The molecule has 0 atom stereocenters. The van der Waals surface area contributed by atoms with E-state index in [2.05, 4.69) is 23.1 Å². The van der Waals surface area contributed by atoms with E-state index in [-0.39, 0.29) is 6.61 Å². The van der Waals surface area contributed by atoms with Crippen LogP contribution in [-0.2, 0) is 11.3 Å². The molecule has 0 unspecified atom stereocenters. The highest BCUT2D eigenvalue weighted by Crippen LogP contribution is 2.02. The summed E-state index contributed by atoms with van der Waals surface area (Å²) in [6, 6.07) is 17.0. The Morgan fingerprint density at radius 3 is 2.65 bits per heavy atom. The van der Waals surface area contributed by atoms with Crippen molar-refractivity contribution in [1.29, 1.82) is 0 Å². The normalized spacial score (nSPS) is 9.17. The maximum Gasteiger partial charge on any atom is 0.407 e. The lowest BCUT2D eigenvalue weighted by Gasteiger charge is -2.05. The van der Waals surface area contributed by atoms with Crippen molar-refractivity contribution < 1.29 is 9.53 Å². The molecule has 2 rings (SSSR count). The molecule has 0 aliphatic heterocycles. The Hall–Kier alpha value is -3.17. The molecule has 1 N–H and O–H groups in total. The van der Waals surface area contributed by atoms with Gasteiger partial charge in [0.25, 0.3) is 0 Å². The van der Waals surface area contributed by atoms with Crippen LogP contribution in [0.3, 0.4) is 0 Å². The quantitative estimate of drug-likeness (QED) is 0.695. The van der Waals surface area contributed by atoms with E-state index in [1.807, 2.05) is 54.6 Å². The second-order valence-corrected chi connectivity index (χ2v) is 4.77. The molecule has 0 saturated heterocycles. The lowest BCUT2D eigenvalue weighted by atomic mass is 10.1. The van der Waals surface area contributed by atoms with Gasteiger partial charge in [-0.05, 0) is 23.8 Å². The van der Waals surface area contributed by atoms with Gasteiger partial charge in [-0.15, -0.1) is 6.42 Å². The molecule has 1 amide bonds. The van der Waals surface area contributed by atoms with Gasteiger partial charge in [-0.25, -0.2) is 4.79 Å². The minimum absolute atomic E-state index is 0.261. The van der Waals surface area contributed by atoms with Gasteiger partial charge in [-0.1, -0.05) is 54.2 Å². The molecule has 23 heavy (non-hydrogen) atoms. The zero-order valence-electron chi connectivity index (χ0n) is 12.7. The highest BCUT2D eigenvalue weighted by Gasteiger charge is 2.00. The lowest BCUT2D eigenvalue weighted by Crippen LogP contribution is -2.24. The Balaban J connectivity index is 1.68. The van der Waals surface area contributed by atoms with E-state index < -0.39 is 6.09 Å². The lowest BCUT2D eigenvalue weighted by molar-refractivity contribution is 0.140. The van der Waals surface area contributed by atoms with E-state index in [0.717, 1.165) is 16.7 Å². The predicted octanol–water partition coefficient (Wildman–Crippen LogP) is 3.34. The van der Waals surface area contributed by atoms with Crippen molar-refractivity contribution in [3.8, 4) is 24.2 Å². The topological polar surface area (TPSA) is 38.3 Å². The monoisotopic (exact) mass is 303 g/mol. The van der Waals surface area contributed by atoms with Crippen molar-refractivity contribution in [2.45, 2.75) is 13.0 Å². The molecule has 0 heterocycles. The molecule has 2 aromatic rings. The highest BCUT2D eigenvalue weighted by atomic mass is 16.5. The zero-order valence-corrected chi connectivity index (χ0v) is 12.7.